The molecule has 17 heavy (non-hydrogen) atoms. The van der Waals surface area contributed by atoms with Crippen molar-refractivity contribution in [3.63, 3.8) is 0 Å². The van der Waals surface area contributed by atoms with Crippen LogP contribution in [-0.2, 0) is 0 Å². The second kappa shape index (κ2) is 7.27. The molecule has 1 aliphatic carbocycles. The van der Waals surface area contributed by atoms with E-state index in [-0.39, 0.29) is 25.4 Å². The Hall–Kier alpha value is -0.220. The third-order valence-electron chi connectivity index (χ3n) is 3.61. The number of hydrogen-bond acceptors (Lipinski definition) is 2. The second-order valence-corrected chi connectivity index (χ2v) is 5.29. The fourth-order valence-corrected chi connectivity index (χ4v) is 2.65. The van der Waals surface area contributed by atoms with Gasteiger partial charge in [0.1, 0.15) is 0 Å². The molecule has 2 nitrogen and oxygen atoms in total. The van der Waals surface area contributed by atoms with Crippen LogP contribution < -0.4 is 5.32 Å². The van der Waals surface area contributed by atoms with Crippen molar-refractivity contribution in [3.8, 4) is 0 Å². The maximum atomic E-state index is 13.0. The summed E-state index contributed by atoms with van der Waals surface area (Å²) in [6, 6.07) is 0. The number of halogens is 2. The predicted octanol–water partition coefficient (Wildman–Crippen LogP) is 2.81. The van der Waals surface area contributed by atoms with Gasteiger partial charge in [0, 0.05) is 19.4 Å². The van der Waals surface area contributed by atoms with Crippen molar-refractivity contribution in [1.82, 2.24) is 5.32 Å². The minimum atomic E-state index is -2.43. The van der Waals surface area contributed by atoms with Crippen molar-refractivity contribution < 1.29 is 13.9 Å². The zero-order valence-electron chi connectivity index (χ0n) is 10.7. The number of nitrogens with one attached hydrogen (secondary N) is 1. The molecule has 0 radical (unpaired) electrons. The van der Waals surface area contributed by atoms with E-state index in [9.17, 15) is 8.78 Å². The lowest BCUT2D eigenvalue weighted by atomic mass is 10.00. The van der Waals surface area contributed by atoms with Crippen LogP contribution in [0.25, 0.3) is 0 Å². The Labute approximate surface area is 103 Å². The minimum absolute atomic E-state index is 0.0401. The van der Waals surface area contributed by atoms with Crippen molar-refractivity contribution in [2.75, 3.05) is 19.7 Å². The van der Waals surface area contributed by atoms with E-state index in [0.29, 0.717) is 18.9 Å². The zero-order valence-corrected chi connectivity index (χ0v) is 10.7. The van der Waals surface area contributed by atoms with Crippen molar-refractivity contribution in [1.29, 1.82) is 0 Å². The quantitative estimate of drug-likeness (QED) is 0.693. The zero-order chi connectivity index (χ0) is 12.7. The van der Waals surface area contributed by atoms with E-state index >= 15 is 0 Å². The monoisotopic (exact) mass is 249 g/mol. The Balaban J connectivity index is 2.13. The number of aliphatic hydroxyl groups is 1. The summed E-state index contributed by atoms with van der Waals surface area (Å²) in [5.74, 6) is -1.83. The van der Waals surface area contributed by atoms with Crippen molar-refractivity contribution in [2.45, 2.75) is 51.4 Å². The van der Waals surface area contributed by atoms with Crippen LogP contribution in [0.5, 0.6) is 0 Å². The molecule has 0 aromatic rings. The molecule has 2 atom stereocenters. The van der Waals surface area contributed by atoms with E-state index in [4.69, 9.17) is 5.11 Å². The molecule has 4 heteroatoms. The van der Waals surface area contributed by atoms with Crippen LogP contribution in [0.3, 0.4) is 0 Å². The van der Waals surface area contributed by atoms with Gasteiger partial charge in [-0.2, -0.15) is 0 Å². The van der Waals surface area contributed by atoms with Crippen molar-refractivity contribution in [3.05, 3.63) is 0 Å². The summed E-state index contributed by atoms with van der Waals surface area (Å²) in [5.41, 5.74) is 0. The highest BCUT2D eigenvalue weighted by Crippen LogP contribution is 2.38. The molecule has 0 aromatic heterocycles. The van der Waals surface area contributed by atoms with Crippen LogP contribution in [0, 0.1) is 11.8 Å². The molecule has 0 saturated heterocycles. The Morgan fingerprint density at radius 1 is 1.41 bits per heavy atom. The van der Waals surface area contributed by atoms with E-state index < -0.39 is 5.92 Å². The molecule has 102 valence electrons. The van der Waals surface area contributed by atoms with Crippen LogP contribution >= 0.6 is 0 Å². The third-order valence-corrected chi connectivity index (χ3v) is 3.61. The first-order valence-electron chi connectivity index (χ1n) is 6.77. The Kier molecular flexibility index (Phi) is 6.34. The Bertz CT molecular complexity index is 204. The van der Waals surface area contributed by atoms with Gasteiger partial charge in [0.15, 0.2) is 0 Å². The van der Waals surface area contributed by atoms with Crippen molar-refractivity contribution >= 4 is 0 Å². The summed E-state index contributed by atoms with van der Waals surface area (Å²) < 4.78 is 25.9. The average molecular weight is 249 g/mol. The Morgan fingerprint density at radius 3 is 2.71 bits per heavy atom. The SMILES string of the molecule is CCCC(CCO)CNCC1CCC(F)(F)C1. The average Bonchev–Trinajstić information content (AvgIpc) is 2.59. The molecule has 0 spiro atoms. The molecule has 0 aliphatic heterocycles. The summed E-state index contributed by atoms with van der Waals surface area (Å²) in [6.07, 6.45) is 3.73. The third kappa shape index (κ3) is 5.77. The molecule has 1 rings (SSSR count). The molecule has 0 bridgehead atoms. The van der Waals surface area contributed by atoms with Crippen LogP contribution in [0.2, 0.25) is 0 Å². The fourth-order valence-electron chi connectivity index (χ4n) is 2.65. The maximum Gasteiger partial charge on any atom is 0.248 e. The Morgan fingerprint density at radius 2 is 2.18 bits per heavy atom. The maximum absolute atomic E-state index is 13.0. The van der Waals surface area contributed by atoms with Crippen LogP contribution in [0.15, 0.2) is 0 Å². The molecule has 1 aliphatic rings. The predicted molar refractivity (Wildman–Crippen MR) is 65.3 cm³/mol. The number of hydrogen-bond donors (Lipinski definition) is 2. The highest BCUT2D eigenvalue weighted by Gasteiger charge is 2.38. The van der Waals surface area contributed by atoms with Gasteiger partial charge in [-0.25, -0.2) is 8.78 Å². The smallest absolute Gasteiger partial charge is 0.248 e. The lowest BCUT2D eigenvalue weighted by Gasteiger charge is -2.17. The number of alkyl halides is 2. The van der Waals surface area contributed by atoms with Gasteiger partial charge in [-0.1, -0.05) is 13.3 Å². The summed E-state index contributed by atoms with van der Waals surface area (Å²) >= 11 is 0. The van der Waals surface area contributed by atoms with Gasteiger partial charge in [-0.05, 0) is 44.2 Å². The van der Waals surface area contributed by atoms with Crippen molar-refractivity contribution in [2.24, 2.45) is 11.8 Å². The number of aliphatic hydroxyl groups excluding tert-OH is 1. The lowest BCUT2D eigenvalue weighted by molar-refractivity contribution is 0.00506. The minimum Gasteiger partial charge on any atom is -0.396 e. The summed E-state index contributed by atoms with van der Waals surface area (Å²) in [5, 5.41) is 12.2. The van der Waals surface area contributed by atoms with E-state index in [0.717, 1.165) is 25.8 Å². The van der Waals surface area contributed by atoms with Crippen LogP contribution in [0.1, 0.15) is 45.4 Å². The fraction of sp³-hybridized carbons (Fsp3) is 1.00. The summed E-state index contributed by atoms with van der Waals surface area (Å²) in [6.45, 7) is 3.88. The number of rotatable bonds is 8. The topological polar surface area (TPSA) is 32.3 Å². The van der Waals surface area contributed by atoms with Crippen LogP contribution in [0.4, 0.5) is 8.78 Å². The van der Waals surface area contributed by atoms with Gasteiger partial charge < -0.3 is 10.4 Å². The highest BCUT2D eigenvalue weighted by molar-refractivity contribution is 4.82. The standard InChI is InChI=1S/C13H25F2NO/c1-2-3-11(5-7-17)9-16-10-12-4-6-13(14,15)8-12/h11-12,16-17H,2-10H2,1H3. The molecular weight excluding hydrogens is 224 g/mol. The van der Waals surface area contributed by atoms with Gasteiger partial charge in [-0.15, -0.1) is 0 Å². The van der Waals surface area contributed by atoms with Gasteiger partial charge in [0.2, 0.25) is 5.92 Å². The highest BCUT2D eigenvalue weighted by atomic mass is 19.3. The lowest BCUT2D eigenvalue weighted by Crippen LogP contribution is -2.28. The molecule has 1 fully saturated rings. The van der Waals surface area contributed by atoms with E-state index in [1.165, 1.54) is 0 Å². The largest absolute Gasteiger partial charge is 0.396 e. The van der Waals surface area contributed by atoms with Gasteiger partial charge in [0.05, 0.1) is 0 Å². The van der Waals surface area contributed by atoms with Crippen LogP contribution in [-0.4, -0.2) is 30.7 Å². The van der Waals surface area contributed by atoms with Gasteiger partial charge >= 0.3 is 0 Å². The first-order chi connectivity index (χ1) is 8.07. The first kappa shape index (κ1) is 14.8. The van der Waals surface area contributed by atoms with E-state index in [2.05, 4.69) is 12.2 Å². The molecule has 1 saturated carbocycles. The summed E-state index contributed by atoms with van der Waals surface area (Å²) in [7, 11) is 0. The van der Waals surface area contributed by atoms with Gasteiger partial charge in [0.25, 0.3) is 0 Å². The van der Waals surface area contributed by atoms with E-state index in [1.807, 2.05) is 0 Å². The molecule has 2 N–H and O–H groups in total. The van der Waals surface area contributed by atoms with Gasteiger partial charge in [-0.3, -0.25) is 0 Å². The first-order valence-corrected chi connectivity index (χ1v) is 6.77. The molecule has 0 heterocycles. The normalized spacial score (nSPS) is 25.1. The molecule has 2 unspecified atom stereocenters. The molecular formula is C13H25F2NO. The second-order valence-electron chi connectivity index (χ2n) is 5.29. The summed E-state index contributed by atoms with van der Waals surface area (Å²) in [4.78, 5) is 0. The van der Waals surface area contributed by atoms with E-state index in [1.54, 1.807) is 0 Å². The molecule has 0 amide bonds. The molecule has 0 aromatic carbocycles.